The fraction of sp³-hybridized carbons (Fsp3) is 0.250. The summed E-state index contributed by atoms with van der Waals surface area (Å²) in [5, 5.41) is 0. The Balaban J connectivity index is 2.83. The molecule has 2 rings (SSSR count). The summed E-state index contributed by atoms with van der Waals surface area (Å²) in [6.45, 7) is 5.61. The van der Waals surface area contributed by atoms with E-state index in [1.807, 2.05) is 20.8 Å². The van der Waals surface area contributed by atoms with Crippen molar-refractivity contribution in [3.8, 4) is 0 Å². The normalized spacial score (nSPS) is 14.3. The molecule has 0 saturated carbocycles. The molecule has 0 amide bonds. The highest BCUT2D eigenvalue weighted by Gasteiger charge is 2.24. The molecule has 0 atom stereocenters. The molecule has 15 heavy (non-hydrogen) atoms. The molecule has 0 aromatic carbocycles. The van der Waals surface area contributed by atoms with Gasteiger partial charge < -0.3 is 0 Å². The highest BCUT2D eigenvalue weighted by atomic mass is 16.1. The molecule has 3 nitrogen and oxygen atoms in total. The van der Waals surface area contributed by atoms with Crippen molar-refractivity contribution in [2.75, 3.05) is 0 Å². The second-order valence-corrected chi connectivity index (χ2v) is 3.73. The highest BCUT2D eigenvalue weighted by Crippen LogP contribution is 2.23. The maximum Gasteiger partial charge on any atom is 0.205 e. The van der Waals surface area contributed by atoms with E-state index in [1.165, 1.54) is 12.2 Å². The second-order valence-electron chi connectivity index (χ2n) is 3.73. The fourth-order valence-corrected chi connectivity index (χ4v) is 1.74. The van der Waals surface area contributed by atoms with E-state index in [2.05, 4.69) is 4.98 Å². The average molecular weight is 201 g/mol. The van der Waals surface area contributed by atoms with Gasteiger partial charge in [0.05, 0.1) is 5.56 Å². The predicted molar refractivity (Wildman–Crippen MR) is 56.2 cm³/mol. The zero-order valence-corrected chi connectivity index (χ0v) is 8.92. The van der Waals surface area contributed by atoms with Crippen molar-refractivity contribution in [1.82, 2.24) is 4.98 Å². The second kappa shape index (κ2) is 3.12. The minimum atomic E-state index is -0.184. The summed E-state index contributed by atoms with van der Waals surface area (Å²) in [5.41, 5.74) is 3.40. The average Bonchev–Trinajstić information content (AvgIpc) is 2.20. The first-order chi connectivity index (χ1) is 7.02. The SMILES string of the molecule is Cc1nc2c(c(C)c1C)C(=O)C=CC2=O. The van der Waals surface area contributed by atoms with Crippen molar-refractivity contribution in [3.63, 3.8) is 0 Å². The maximum absolute atomic E-state index is 11.6. The predicted octanol–water partition coefficient (Wildman–Crippen LogP) is 1.94. The van der Waals surface area contributed by atoms with Crippen LogP contribution in [-0.4, -0.2) is 16.6 Å². The van der Waals surface area contributed by atoms with E-state index < -0.39 is 0 Å². The molecule has 0 fully saturated rings. The van der Waals surface area contributed by atoms with Gasteiger partial charge in [-0.25, -0.2) is 4.98 Å². The third-order valence-corrected chi connectivity index (χ3v) is 2.86. The molecule has 1 aromatic heterocycles. The number of allylic oxidation sites excluding steroid dienone is 2. The number of nitrogens with zero attached hydrogens (tertiary/aromatic N) is 1. The standard InChI is InChI=1S/C12H11NO2/c1-6-7(2)11-9(14)4-5-10(15)12(11)13-8(6)3/h4-5H,1-3H3. The van der Waals surface area contributed by atoms with Gasteiger partial charge in [-0.3, -0.25) is 9.59 Å². The summed E-state index contributed by atoms with van der Waals surface area (Å²) >= 11 is 0. The van der Waals surface area contributed by atoms with Crippen molar-refractivity contribution in [2.45, 2.75) is 20.8 Å². The van der Waals surface area contributed by atoms with E-state index >= 15 is 0 Å². The smallest absolute Gasteiger partial charge is 0.205 e. The Morgan fingerprint density at radius 3 is 2.20 bits per heavy atom. The van der Waals surface area contributed by atoms with Crippen molar-refractivity contribution in [1.29, 1.82) is 0 Å². The first kappa shape index (κ1) is 9.77. The zero-order chi connectivity index (χ0) is 11.2. The molecule has 0 aliphatic heterocycles. The van der Waals surface area contributed by atoms with Crippen molar-refractivity contribution >= 4 is 11.6 Å². The first-order valence-corrected chi connectivity index (χ1v) is 4.77. The summed E-state index contributed by atoms with van der Waals surface area (Å²) in [4.78, 5) is 27.4. The lowest BCUT2D eigenvalue weighted by Gasteiger charge is -2.14. The van der Waals surface area contributed by atoms with Crippen molar-refractivity contribution in [3.05, 3.63) is 40.2 Å². The zero-order valence-electron chi connectivity index (χ0n) is 8.92. The van der Waals surface area contributed by atoms with Crippen LogP contribution in [0.4, 0.5) is 0 Å². The van der Waals surface area contributed by atoms with Crippen LogP contribution in [0.1, 0.15) is 37.7 Å². The maximum atomic E-state index is 11.6. The molecule has 1 aliphatic carbocycles. The van der Waals surface area contributed by atoms with Crippen LogP contribution >= 0.6 is 0 Å². The molecule has 76 valence electrons. The lowest BCUT2D eigenvalue weighted by atomic mass is 9.92. The molecule has 1 aromatic rings. The van der Waals surface area contributed by atoms with Crippen LogP contribution in [0.15, 0.2) is 12.2 Å². The van der Waals surface area contributed by atoms with Gasteiger partial charge in [0.1, 0.15) is 5.69 Å². The van der Waals surface area contributed by atoms with Crippen LogP contribution in [0.25, 0.3) is 0 Å². The van der Waals surface area contributed by atoms with Gasteiger partial charge in [0.15, 0.2) is 5.78 Å². The van der Waals surface area contributed by atoms with E-state index in [0.717, 1.165) is 16.8 Å². The highest BCUT2D eigenvalue weighted by molar-refractivity contribution is 6.21. The number of fused-ring (bicyclic) bond motifs is 1. The number of hydrogen-bond acceptors (Lipinski definition) is 3. The fourth-order valence-electron chi connectivity index (χ4n) is 1.74. The molecule has 0 N–H and O–H groups in total. The summed E-state index contributed by atoms with van der Waals surface area (Å²) in [5.74, 6) is -0.312. The number of carbonyl (C=O) groups excluding carboxylic acids is 2. The van der Waals surface area contributed by atoms with Crippen LogP contribution in [0.2, 0.25) is 0 Å². The van der Waals surface area contributed by atoms with Crippen molar-refractivity contribution < 1.29 is 9.59 Å². The Kier molecular flexibility index (Phi) is 2.03. The molecule has 0 bridgehead atoms. The topological polar surface area (TPSA) is 47.0 Å². The van der Waals surface area contributed by atoms with E-state index in [-0.39, 0.29) is 11.6 Å². The summed E-state index contributed by atoms with van der Waals surface area (Å²) < 4.78 is 0. The van der Waals surface area contributed by atoms with Crippen LogP contribution in [0.3, 0.4) is 0 Å². The number of pyridine rings is 1. The van der Waals surface area contributed by atoms with Gasteiger partial charge in [0.25, 0.3) is 0 Å². The third-order valence-electron chi connectivity index (χ3n) is 2.86. The van der Waals surface area contributed by atoms with Crippen LogP contribution in [-0.2, 0) is 0 Å². The van der Waals surface area contributed by atoms with Crippen LogP contribution in [0, 0.1) is 20.8 Å². The van der Waals surface area contributed by atoms with Gasteiger partial charge in [0, 0.05) is 5.69 Å². The Labute approximate surface area is 87.8 Å². The van der Waals surface area contributed by atoms with Gasteiger partial charge in [-0.15, -0.1) is 0 Å². The van der Waals surface area contributed by atoms with E-state index in [1.54, 1.807) is 0 Å². The van der Waals surface area contributed by atoms with Crippen molar-refractivity contribution in [2.24, 2.45) is 0 Å². The van der Waals surface area contributed by atoms with Crippen LogP contribution < -0.4 is 0 Å². The first-order valence-electron chi connectivity index (χ1n) is 4.77. The molecular weight excluding hydrogens is 190 g/mol. The Bertz CT molecular complexity index is 513. The largest absolute Gasteiger partial charge is 0.289 e. The van der Waals surface area contributed by atoms with Gasteiger partial charge >= 0.3 is 0 Å². The number of ketones is 2. The number of carbonyl (C=O) groups is 2. The summed E-state index contributed by atoms with van der Waals surface area (Å²) in [6.07, 6.45) is 2.60. The van der Waals surface area contributed by atoms with E-state index in [4.69, 9.17) is 0 Å². The summed E-state index contributed by atoms with van der Waals surface area (Å²) in [7, 11) is 0. The van der Waals surface area contributed by atoms with Gasteiger partial charge in [0.2, 0.25) is 5.78 Å². The third kappa shape index (κ3) is 1.31. The Morgan fingerprint density at radius 1 is 0.933 bits per heavy atom. The Hall–Kier alpha value is -1.77. The lowest BCUT2D eigenvalue weighted by Crippen LogP contribution is -2.17. The number of aromatic nitrogens is 1. The van der Waals surface area contributed by atoms with E-state index in [0.29, 0.717) is 11.3 Å². The number of hydrogen-bond donors (Lipinski definition) is 0. The molecule has 1 heterocycles. The van der Waals surface area contributed by atoms with Gasteiger partial charge in [-0.1, -0.05) is 0 Å². The monoisotopic (exact) mass is 201 g/mol. The van der Waals surface area contributed by atoms with Crippen LogP contribution in [0.5, 0.6) is 0 Å². The molecule has 0 radical (unpaired) electrons. The number of aryl methyl sites for hydroxylation is 1. The molecule has 0 saturated heterocycles. The minimum Gasteiger partial charge on any atom is -0.289 e. The molecule has 0 unspecified atom stereocenters. The summed E-state index contributed by atoms with van der Waals surface area (Å²) in [6, 6.07) is 0. The molecule has 0 spiro atoms. The Morgan fingerprint density at radius 2 is 1.53 bits per heavy atom. The quantitative estimate of drug-likeness (QED) is 0.644. The number of rotatable bonds is 0. The molecular formula is C12H11NO2. The molecule has 1 aliphatic rings. The minimum absolute atomic E-state index is 0.127. The van der Waals surface area contributed by atoms with Gasteiger partial charge in [-0.2, -0.15) is 0 Å². The van der Waals surface area contributed by atoms with E-state index in [9.17, 15) is 9.59 Å². The molecule has 3 heteroatoms. The lowest BCUT2D eigenvalue weighted by molar-refractivity contribution is 0.0989. The van der Waals surface area contributed by atoms with Gasteiger partial charge in [-0.05, 0) is 44.1 Å².